The minimum atomic E-state index is -0.518. The van der Waals surface area contributed by atoms with Crippen molar-refractivity contribution in [3.8, 4) is 11.3 Å². The Kier molecular flexibility index (Phi) is 7.43. The van der Waals surface area contributed by atoms with E-state index in [-0.39, 0.29) is 25.4 Å². The molecule has 150 valence electrons. The topological polar surface area (TPSA) is 62.3 Å². The van der Waals surface area contributed by atoms with E-state index in [1.807, 2.05) is 44.2 Å². The van der Waals surface area contributed by atoms with Crippen LogP contribution in [0.5, 0.6) is 0 Å². The molecule has 0 aliphatic heterocycles. The van der Waals surface area contributed by atoms with Crippen molar-refractivity contribution in [3.63, 3.8) is 0 Å². The lowest BCUT2D eigenvalue weighted by Crippen LogP contribution is -2.23. The van der Waals surface area contributed by atoms with E-state index in [0.717, 1.165) is 11.1 Å². The van der Waals surface area contributed by atoms with E-state index in [4.69, 9.17) is 9.84 Å². The number of hydrogen-bond acceptors (Lipinski definition) is 3. The summed E-state index contributed by atoms with van der Waals surface area (Å²) in [6.07, 6.45) is 0. The molecule has 0 bridgehead atoms. The molecule has 0 fully saturated rings. The van der Waals surface area contributed by atoms with Gasteiger partial charge < -0.3 is 14.8 Å². The van der Waals surface area contributed by atoms with Crippen LogP contribution in [0.2, 0.25) is 0 Å². The number of halogens is 2. The quantitative estimate of drug-likeness (QED) is 0.673. The van der Waals surface area contributed by atoms with Gasteiger partial charge in [-0.3, -0.25) is 9.18 Å². The Morgan fingerprint density at radius 1 is 1.11 bits per heavy atom. The van der Waals surface area contributed by atoms with Crippen molar-refractivity contribution < 1.29 is 18.6 Å². The highest BCUT2D eigenvalue weighted by Crippen LogP contribution is 2.27. The average molecular weight is 389 g/mol. The second kappa shape index (κ2) is 9.57. The lowest BCUT2D eigenvalue weighted by molar-refractivity contribution is -0.0369. The summed E-state index contributed by atoms with van der Waals surface area (Å²) in [6.45, 7) is 5.32. The molecule has 6 heteroatoms. The maximum absolute atomic E-state index is 13.3. The Balaban J connectivity index is 0.000000878. The summed E-state index contributed by atoms with van der Waals surface area (Å²) in [6, 6.07) is 13.7. The summed E-state index contributed by atoms with van der Waals surface area (Å²) in [7, 11) is 0. The molecule has 0 aliphatic rings. The summed E-state index contributed by atoms with van der Waals surface area (Å²) >= 11 is 0. The zero-order valence-electron chi connectivity index (χ0n) is 16.3. The summed E-state index contributed by atoms with van der Waals surface area (Å²) in [4.78, 5) is 15.0. The van der Waals surface area contributed by atoms with Crippen LogP contribution in [0.15, 0.2) is 53.3 Å². The Labute approximate surface area is 162 Å². The van der Waals surface area contributed by atoms with Gasteiger partial charge in [0.15, 0.2) is 0 Å². The fraction of sp³-hybridized carbons (Fsp3) is 0.318. The van der Waals surface area contributed by atoms with Crippen molar-refractivity contribution in [2.24, 2.45) is 0 Å². The molecular weight excluding hydrogens is 364 g/mol. The van der Waals surface area contributed by atoms with Crippen molar-refractivity contribution in [1.29, 1.82) is 0 Å². The number of aliphatic hydroxyl groups excluding tert-OH is 1. The van der Waals surface area contributed by atoms with Gasteiger partial charge in [0.05, 0.1) is 25.5 Å². The third kappa shape index (κ3) is 5.24. The monoisotopic (exact) mass is 389 g/mol. The summed E-state index contributed by atoms with van der Waals surface area (Å²) in [5.74, 6) is -0.430. The van der Waals surface area contributed by atoms with Crippen LogP contribution < -0.4 is 5.56 Å². The number of fused-ring (bicyclic) bond motifs is 1. The molecule has 0 amide bonds. The smallest absolute Gasteiger partial charge is 0.256 e. The molecule has 4 nitrogen and oxygen atoms in total. The Hall–Kier alpha value is -2.57. The molecule has 2 N–H and O–H groups in total. The van der Waals surface area contributed by atoms with Crippen LogP contribution in [0.3, 0.4) is 0 Å². The molecule has 2 aromatic carbocycles. The summed E-state index contributed by atoms with van der Waals surface area (Å²) < 4.78 is 29.3. The molecule has 0 radical (unpaired) electrons. The zero-order valence-corrected chi connectivity index (χ0v) is 16.3. The maximum Gasteiger partial charge on any atom is 0.256 e. The van der Waals surface area contributed by atoms with Gasteiger partial charge in [-0.05, 0) is 55.5 Å². The normalized spacial score (nSPS) is 11.2. The van der Waals surface area contributed by atoms with Gasteiger partial charge in [-0.25, -0.2) is 4.39 Å². The number of pyridine rings is 1. The molecule has 3 rings (SSSR count). The number of aromatic nitrogens is 1. The van der Waals surface area contributed by atoms with Crippen molar-refractivity contribution in [3.05, 3.63) is 70.3 Å². The van der Waals surface area contributed by atoms with Crippen LogP contribution in [0.25, 0.3) is 22.0 Å². The first kappa shape index (κ1) is 21.7. The molecular formula is C22H25F2NO3. The lowest BCUT2D eigenvalue weighted by Gasteiger charge is -2.25. The van der Waals surface area contributed by atoms with Gasteiger partial charge in [-0.2, -0.15) is 0 Å². The predicted molar refractivity (Wildman–Crippen MR) is 108 cm³/mol. The number of aromatic amines is 1. The van der Waals surface area contributed by atoms with Gasteiger partial charge in [0.25, 0.3) is 5.56 Å². The number of H-pyrrole nitrogens is 1. The summed E-state index contributed by atoms with van der Waals surface area (Å²) in [5.41, 5.74) is 1.66. The second-order valence-electron chi connectivity index (χ2n) is 6.67. The Bertz CT molecular complexity index is 966. The molecule has 0 atom stereocenters. The van der Waals surface area contributed by atoms with Crippen LogP contribution in [0, 0.1) is 5.82 Å². The number of rotatable bonds is 5. The molecule has 28 heavy (non-hydrogen) atoms. The van der Waals surface area contributed by atoms with Crippen molar-refractivity contribution in [2.45, 2.75) is 26.4 Å². The van der Waals surface area contributed by atoms with Crippen LogP contribution in [0.1, 0.15) is 26.3 Å². The molecule has 1 aromatic heterocycles. The number of alkyl halides is 1. The van der Waals surface area contributed by atoms with Gasteiger partial charge in [0, 0.05) is 11.1 Å². The molecule has 0 saturated carbocycles. The highest BCUT2D eigenvalue weighted by molar-refractivity contribution is 5.85. The van der Waals surface area contributed by atoms with Gasteiger partial charge in [0.2, 0.25) is 0 Å². The number of benzene rings is 2. The van der Waals surface area contributed by atoms with E-state index in [0.29, 0.717) is 16.5 Å². The van der Waals surface area contributed by atoms with E-state index >= 15 is 0 Å². The molecule has 0 unspecified atom stereocenters. The molecule has 0 spiro atoms. The van der Waals surface area contributed by atoms with E-state index in [1.165, 1.54) is 19.1 Å². The molecule has 0 aliphatic carbocycles. The predicted octanol–water partition coefficient (Wildman–Crippen LogP) is 4.55. The van der Waals surface area contributed by atoms with Gasteiger partial charge in [0.1, 0.15) is 5.82 Å². The van der Waals surface area contributed by atoms with Gasteiger partial charge in [-0.15, -0.1) is 0 Å². The van der Waals surface area contributed by atoms with Crippen LogP contribution in [0.4, 0.5) is 8.78 Å². The number of aliphatic hydroxyl groups is 1. The SMILES string of the molecule is CC(C)(OCCO)c1ccc(-c2cc3ccc(F)cc3c(=O)[nH]2)cc1.CCF. The molecule has 3 aromatic rings. The van der Waals surface area contributed by atoms with E-state index < -0.39 is 11.4 Å². The van der Waals surface area contributed by atoms with Crippen LogP contribution in [-0.2, 0) is 10.3 Å². The van der Waals surface area contributed by atoms with Crippen molar-refractivity contribution in [2.75, 3.05) is 19.9 Å². The Morgan fingerprint density at radius 2 is 1.75 bits per heavy atom. The van der Waals surface area contributed by atoms with Crippen LogP contribution in [-0.4, -0.2) is 30.0 Å². The number of ether oxygens (including phenoxy) is 1. The minimum Gasteiger partial charge on any atom is -0.394 e. The van der Waals surface area contributed by atoms with Crippen molar-refractivity contribution in [1.82, 2.24) is 4.98 Å². The van der Waals surface area contributed by atoms with Crippen LogP contribution >= 0.6 is 0 Å². The van der Waals surface area contributed by atoms with E-state index in [2.05, 4.69) is 4.98 Å². The van der Waals surface area contributed by atoms with Crippen molar-refractivity contribution >= 4 is 10.8 Å². The summed E-state index contributed by atoms with van der Waals surface area (Å²) in [5, 5.41) is 9.94. The lowest BCUT2D eigenvalue weighted by atomic mass is 9.96. The first-order chi connectivity index (χ1) is 13.3. The zero-order chi connectivity index (χ0) is 20.7. The molecule has 1 heterocycles. The first-order valence-electron chi connectivity index (χ1n) is 9.06. The second-order valence-corrected chi connectivity index (χ2v) is 6.67. The van der Waals surface area contributed by atoms with E-state index in [1.54, 1.807) is 6.07 Å². The standard InChI is InChI=1S/C20H20FNO3.C2H5F/c1-20(2,25-10-9-23)15-6-3-13(4-7-15)18-11-14-5-8-16(21)12-17(14)19(24)22-18;1-2-3/h3-8,11-12,23H,9-10H2,1-2H3,(H,22,24);2H2,1H3. The highest BCUT2D eigenvalue weighted by atomic mass is 19.1. The van der Waals surface area contributed by atoms with Gasteiger partial charge in [-0.1, -0.05) is 30.3 Å². The highest BCUT2D eigenvalue weighted by Gasteiger charge is 2.20. The fourth-order valence-electron chi connectivity index (χ4n) is 2.82. The third-order valence-corrected chi connectivity index (χ3v) is 4.25. The largest absolute Gasteiger partial charge is 0.394 e. The van der Waals surface area contributed by atoms with E-state index in [9.17, 15) is 13.6 Å². The Morgan fingerprint density at radius 3 is 2.36 bits per heavy atom. The fourth-order valence-corrected chi connectivity index (χ4v) is 2.82. The average Bonchev–Trinajstić information content (AvgIpc) is 2.67. The number of nitrogens with one attached hydrogen (secondary N) is 1. The number of hydrogen-bond donors (Lipinski definition) is 2. The van der Waals surface area contributed by atoms with Gasteiger partial charge >= 0.3 is 0 Å². The third-order valence-electron chi connectivity index (χ3n) is 4.25. The minimum absolute atomic E-state index is 0.0273. The maximum atomic E-state index is 13.3. The first-order valence-corrected chi connectivity index (χ1v) is 9.06. The molecule has 0 saturated heterocycles.